The normalized spacial score (nSPS) is 30.3. The first kappa shape index (κ1) is 44.9. The Labute approximate surface area is 341 Å². The van der Waals surface area contributed by atoms with Gasteiger partial charge in [0.05, 0.1) is 24.3 Å². The molecule has 0 aromatic heterocycles. The van der Waals surface area contributed by atoms with E-state index in [-0.39, 0.29) is 24.3 Å². The molecule has 2 fully saturated rings. The second kappa shape index (κ2) is 18.4. The smallest absolute Gasteiger partial charge is 0.303 e. The van der Waals surface area contributed by atoms with Crippen LogP contribution in [0.5, 0.6) is 0 Å². The quantitative estimate of drug-likeness (QED) is 0.208. The first-order valence-electron chi connectivity index (χ1n) is 18.5. The van der Waals surface area contributed by atoms with Gasteiger partial charge in [-0.3, -0.25) is 38.4 Å². The molecule has 60 heavy (non-hydrogen) atoms. The van der Waals surface area contributed by atoms with Gasteiger partial charge < -0.3 is 57.0 Å². The van der Waals surface area contributed by atoms with Crippen LogP contribution in [0.3, 0.4) is 0 Å². The minimum absolute atomic E-state index is 0.217. The van der Waals surface area contributed by atoms with Gasteiger partial charge in [-0.05, 0) is 6.07 Å². The van der Waals surface area contributed by atoms with Crippen LogP contribution in [0.1, 0.15) is 79.4 Å². The Morgan fingerprint density at radius 1 is 0.517 bits per heavy atom. The van der Waals surface area contributed by atoms with Gasteiger partial charge in [-0.15, -0.1) is 0 Å². The molecule has 326 valence electrons. The Balaban J connectivity index is 1.48. The van der Waals surface area contributed by atoms with Gasteiger partial charge in [0.1, 0.15) is 25.4 Å². The van der Waals surface area contributed by atoms with Gasteiger partial charge in [0.15, 0.2) is 24.4 Å². The predicted octanol–water partition coefficient (Wildman–Crippen LogP) is 0.842. The Morgan fingerprint density at radius 2 is 0.850 bits per heavy atom. The van der Waals surface area contributed by atoms with E-state index in [0.717, 1.165) is 55.4 Å². The summed E-state index contributed by atoms with van der Waals surface area (Å²) in [5.74, 6) is -10.4. The lowest BCUT2D eigenvalue weighted by Gasteiger charge is -2.47. The van der Waals surface area contributed by atoms with Crippen LogP contribution in [-0.4, -0.2) is 133 Å². The van der Waals surface area contributed by atoms with Gasteiger partial charge in [0.2, 0.25) is 12.2 Å². The second-order valence-electron chi connectivity index (χ2n) is 14.1. The summed E-state index contributed by atoms with van der Waals surface area (Å²) in [7, 11) is 0. The van der Waals surface area contributed by atoms with E-state index in [2.05, 4.69) is 10.3 Å². The van der Waals surface area contributed by atoms with Gasteiger partial charge >= 0.3 is 47.8 Å². The van der Waals surface area contributed by atoms with Crippen molar-refractivity contribution < 1.29 is 95.4 Å². The SMILES string of the molecule is CC(=O)OC[C@H]1O[C@@]2(CC(c3cccc(C4=NO[C@@]5(C4)O[C@H](COC(C)=O)[C@@H](OC(C)=O)[C@H](OC(C)=O)[C@H]5OC(C)=O)c3)=NO2)[C@H](OC(C)=O)[C@@H](OC(C)=O)[C@@H]1OC(C)=O. The van der Waals surface area contributed by atoms with Crippen LogP contribution >= 0.6 is 0 Å². The van der Waals surface area contributed by atoms with Crippen molar-refractivity contribution in [3.05, 3.63) is 35.4 Å². The van der Waals surface area contributed by atoms with Crippen molar-refractivity contribution in [3.8, 4) is 0 Å². The number of carbonyl (C=O) groups is 8. The van der Waals surface area contributed by atoms with Gasteiger partial charge in [0.25, 0.3) is 11.6 Å². The lowest BCUT2D eigenvalue weighted by atomic mass is 9.86. The molecule has 2 saturated heterocycles. The van der Waals surface area contributed by atoms with Crippen molar-refractivity contribution in [3.63, 3.8) is 0 Å². The van der Waals surface area contributed by atoms with Crippen molar-refractivity contribution in [2.75, 3.05) is 13.2 Å². The molecule has 4 aliphatic heterocycles. The fraction of sp³-hybridized carbons (Fsp3) is 0.579. The number of benzene rings is 1. The lowest BCUT2D eigenvalue weighted by Crippen LogP contribution is -2.68. The van der Waals surface area contributed by atoms with Crippen LogP contribution in [0.15, 0.2) is 34.6 Å². The lowest BCUT2D eigenvalue weighted by molar-refractivity contribution is -0.357. The highest BCUT2D eigenvalue weighted by molar-refractivity contribution is 6.06. The molecule has 10 atom stereocenters. The summed E-state index contributed by atoms with van der Waals surface area (Å²) < 4.78 is 56.1. The fourth-order valence-electron chi connectivity index (χ4n) is 7.17. The van der Waals surface area contributed by atoms with Crippen molar-refractivity contribution in [1.29, 1.82) is 0 Å². The Bertz CT molecular complexity index is 1830. The Hall–Kier alpha value is -6.16. The minimum Gasteiger partial charge on any atom is -0.463 e. The molecule has 22 nitrogen and oxygen atoms in total. The van der Waals surface area contributed by atoms with E-state index >= 15 is 0 Å². The topological polar surface area (TPSA) is 272 Å². The molecule has 0 bridgehead atoms. The van der Waals surface area contributed by atoms with Crippen molar-refractivity contribution in [2.45, 2.75) is 129 Å². The van der Waals surface area contributed by atoms with Gasteiger partial charge in [0, 0.05) is 66.5 Å². The average Bonchev–Trinajstić information content (AvgIpc) is 3.77. The summed E-state index contributed by atoms with van der Waals surface area (Å²) in [5.41, 5.74) is 1.24. The number of oxime groups is 2. The first-order chi connectivity index (χ1) is 28.2. The minimum atomic E-state index is -2.01. The maximum atomic E-state index is 12.5. The molecule has 0 amide bonds. The fourth-order valence-corrected chi connectivity index (χ4v) is 7.17. The molecular weight excluding hydrogens is 804 g/mol. The van der Waals surface area contributed by atoms with Crippen LogP contribution in [0.4, 0.5) is 0 Å². The number of hydrogen-bond acceptors (Lipinski definition) is 22. The molecule has 22 heteroatoms. The number of ether oxygens (including phenoxy) is 10. The largest absolute Gasteiger partial charge is 0.463 e. The van der Waals surface area contributed by atoms with Crippen LogP contribution in [0.2, 0.25) is 0 Å². The van der Waals surface area contributed by atoms with E-state index in [1.807, 2.05) is 0 Å². The zero-order chi connectivity index (χ0) is 44.1. The number of nitrogens with zero attached hydrogens (tertiary/aromatic N) is 2. The van der Waals surface area contributed by atoms with E-state index in [9.17, 15) is 38.4 Å². The van der Waals surface area contributed by atoms with E-state index in [1.165, 1.54) is 0 Å². The monoisotopic (exact) mass is 848 g/mol. The Morgan fingerprint density at radius 3 is 1.17 bits per heavy atom. The molecule has 0 aliphatic carbocycles. The first-order valence-corrected chi connectivity index (χ1v) is 18.5. The maximum Gasteiger partial charge on any atom is 0.303 e. The summed E-state index contributed by atoms with van der Waals surface area (Å²) in [5, 5.41) is 8.48. The van der Waals surface area contributed by atoms with Gasteiger partial charge in [-0.25, -0.2) is 0 Å². The third-order valence-corrected chi connectivity index (χ3v) is 9.22. The van der Waals surface area contributed by atoms with Gasteiger partial charge in [-0.2, -0.15) is 0 Å². The number of rotatable bonds is 12. The second-order valence-corrected chi connectivity index (χ2v) is 14.1. The van der Waals surface area contributed by atoms with Gasteiger partial charge in [-0.1, -0.05) is 28.5 Å². The molecule has 0 unspecified atom stereocenters. The van der Waals surface area contributed by atoms with E-state index in [4.69, 9.17) is 57.0 Å². The highest BCUT2D eigenvalue weighted by atomic mass is 16.8. The molecule has 5 rings (SSSR count). The molecule has 0 radical (unpaired) electrons. The molecule has 4 heterocycles. The molecule has 1 aromatic carbocycles. The van der Waals surface area contributed by atoms with Crippen molar-refractivity contribution >= 4 is 59.2 Å². The van der Waals surface area contributed by atoms with E-state index in [0.29, 0.717) is 11.1 Å². The third kappa shape index (κ3) is 10.3. The molecule has 2 spiro atoms. The van der Waals surface area contributed by atoms with E-state index in [1.54, 1.807) is 24.3 Å². The zero-order valence-corrected chi connectivity index (χ0v) is 33.8. The van der Waals surface area contributed by atoms with Crippen LogP contribution in [0, 0.1) is 0 Å². The summed E-state index contributed by atoms with van der Waals surface area (Å²) in [4.78, 5) is 109. The predicted molar refractivity (Wildman–Crippen MR) is 193 cm³/mol. The standard InChI is InChI=1S/C38H44N2O20/c1-17(41)49-15-29-31(51-19(3)43)33(53-21(5)45)35(55-23(7)47)37(57-29)13-27(39-59-37)25-10-9-11-26(12-25)28-14-38(60-40-28)36(56-24(8)48)34(54-22(6)46)32(52-20(4)44)30(58-38)16-50-18(2)42/h9-12,29-36H,13-16H2,1-8H3/t29-,30-,31-,32-,33+,34+,35-,36-,37-,38-/m1/s1. The number of hydrogen-bond donors (Lipinski definition) is 0. The van der Waals surface area contributed by atoms with Crippen LogP contribution < -0.4 is 0 Å². The summed E-state index contributed by atoms with van der Waals surface area (Å²) in [6, 6.07) is 6.55. The molecule has 4 aliphatic rings. The van der Waals surface area contributed by atoms with Crippen molar-refractivity contribution in [2.24, 2.45) is 10.3 Å². The summed E-state index contributed by atoms with van der Waals surface area (Å²) >= 11 is 0. The third-order valence-electron chi connectivity index (χ3n) is 9.22. The molecule has 1 aromatic rings. The highest BCUT2D eigenvalue weighted by Crippen LogP contribution is 2.45. The summed E-state index contributed by atoms with van der Waals surface area (Å²) in [6.45, 7) is 7.84. The number of esters is 8. The Kier molecular flexibility index (Phi) is 13.8. The summed E-state index contributed by atoms with van der Waals surface area (Å²) in [6.07, 6.45) is -12.2. The van der Waals surface area contributed by atoms with Crippen LogP contribution in [-0.2, 0) is 95.4 Å². The maximum absolute atomic E-state index is 12.5. The van der Waals surface area contributed by atoms with Crippen LogP contribution in [0.25, 0.3) is 0 Å². The molecule has 0 saturated carbocycles. The molecular formula is C38H44N2O20. The van der Waals surface area contributed by atoms with E-state index < -0.39 is 121 Å². The highest BCUT2D eigenvalue weighted by Gasteiger charge is 2.66. The zero-order valence-electron chi connectivity index (χ0n) is 33.8. The molecule has 0 N–H and O–H groups in total. The van der Waals surface area contributed by atoms with Crippen molar-refractivity contribution in [1.82, 2.24) is 0 Å². The number of carbonyl (C=O) groups excluding carboxylic acids is 8. The average molecular weight is 849 g/mol.